The van der Waals surface area contributed by atoms with Gasteiger partial charge in [-0.05, 0) is 39.7 Å². The minimum Gasteiger partial charge on any atom is -0.416 e. The summed E-state index contributed by atoms with van der Waals surface area (Å²) in [5.74, 6) is 0. The number of rotatable bonds is 28. The van der Waals surface area contributed by atoms with Gasteiger partial charge in [0.2, 0.25) is 0 Å². The van der Waals surface area contributed by atoms with Crippen molar-refractivity contribution in [2.75, 3.05) is 6.61 Å². The van der Waals surface area contributed by atoms with Gasteiger partial charge in [0.1, 0.15) is 0 Å². The molecule has 270 valence electrons. The molecule has 0 fully saturated rings. The van der Waals surface area contributed by atoms with E-state index in [1.807, 2.05) is 36.4 Å². The molecule has 0 N–H and O–H groups in total. The molecule has 0 heterocycles. The molecule has 0 aromatic heterocycles. The van der Waals surface area contributed by atoms with Gasteiger partial charge in [-0.2, -0.15) is 0 Å². The Balaban J connectivity index is 2.20. The van der Waals surface area contributed by atoms with Crippen molar-refractivity contribution < 1.29 is 13.9 Å². The van der Waals surface area contributed by atoms with Gasteiger partial charge >= 0.3 is 0 Å². The van der Waals surface area contributed by atoms with E-state index in [1.54, 1.807) is 0 Å². The Bertz CT molecular complexity index is 1090. The van der Waals surface area contributed by atoms with E-state index in [0.717, 1.165) is 24.0 Å². The Morgan fingerprint density at radius 3 is 1.50 bits per heavy atom. The highest BCUT2D eigenvalue weighted by atomic mass is 28.4. The van der Waals surface area contributed by atoms with Crippen LogP contribution in [0.1, 0.15) is 143 Å². The van der Waals surface area contributed by atoms with Crippen LogP contribution in [0.3, 0.4) is 0 Å². The summed E-state index contributed by atoms with van der Waals surface area (Å²) in [6.07, 6.45) is 15.8. The lowest BCUT2D eigenvalue weighted by Crippen LogP contribution is -2.51. The van der Waals surface area contributed by atoms with Gasteiger partial charge in [-0.15, -0.1) is 0 Å². The predicted molar refractivity (Wildman–Crippen MR) is 206 cm³/mol. The highest BCUT2D eigenvalue weighted by molar-refractivity contribution is 6.77. The minimum absolute atomic E-state index is 0.232. The van der Waals surface area contributed by atoms with E-state index in [0.29, 0.717) is 36.4 Å². The fourth-order valence-corrected chi connectivity index (χ4v) is 13.0. The number of ether oxygens (including phenoxy) is 2. The van der Waals surface area contributed by atoms with Gasteiger partial charge < -0.3 is 13.9 Å². The number of unbranched alkanes of at least 4 members (excludes halogenated alkanes) is 11. The lowest BCUT2D eigenvalue weighted by Gasteiger charge is -2.43. The molecule has 0 spiro atoms. The van der Waals surface area contributed by atoms with Crippen molar-refractivity contribution in [3.63, 3.8) is 0 Å². The van der Waals surface area contributed by atoms with Crippen LogP contribution in [-0.2, 0) is 27.1 Å². The van der Waals surface area contributed by atoms with Crippen LogP contribution in [0.5, 0.6) is 0 Å². The SMILES string of the molecule is CCCCCCCCCCCCCC[C@@H](OCc1ccccc1)[C@@H](OCc1ccccc1)[C@H](CO[Si](C(C)C)(C(C)C)C(C)C)N=[N+]=[N-]. The Kier molecular flexibility index (Phi) is 21.8. The lowest BCUT2D eigenvalue weighted by molar-refractivity contribution is -0.103. The Labute approximate surface area is 295 Å². The summed E-state index contributed by atoms with van der Waals surface area (Å²) < 4.78 is 20.5. The summed E-state index contributed by atoms with van der Waals surface area (Å²) in [6.45, 7) is 17.3. The monoisotopic (exact) mass is 680 g/mol. The summed E-state index contributed by atoms with van der Waals surface area (Å²) in [5, 5.41) is 4.38. The average Bonchev–Trinajstić information content (AvgIpc) is 3.07. The van der Waals surface area contributed by atoms with Crippen LogP contribution in [0.15, 0.2) is 65.8 Å². The van der Waals surface area contributed by atoms with Crippen molar-refractivity contribution in [2.24, 2.45) is 5.11 Å². The maximum Gasteiger partial charge on any atom is 0.200 e. The van der Waals surface area contributed by atoms with Gasteiger partial charge in [0.25, 0.3) is 0 Å². The van der Waals surface area contributed by atoms with Gasteiger partial charge in [-0.3, -0.25) is 0 Å². The maximum absolute atomic E-state index is 9.82. The first-order chi connectivity index (χ1) is 23.3. The van der Waals surface area contributed by atoms with Crippen molar-refractivity contribution in [1.82, 2.24) is 0 Å². The number of benzene rings is 2. The van der Waals surface area contributed by atoms with Crippen LogP contribution >= 0.6 is 0 Å². The van der Waals surface area contributed by atoms with E-state index < -0.39 is 20.5 Å². The Morgan fingerprint density at radius 2 is 1.06 bits per heavy atom. The summed E-state index contributed by atoms with van der Waals surface area (Å²) in [7, 11) is -2.20. The van der Waals surface area contributed by atoms with E-state index >= 15 is 0 Å². The van der Waals surface area contributed by atoms with Crippen LogP contribution in [0.25, 0.3) is 10.4 Å². The van der Waals surface area contributed by atoms with Gasteiger partial charge in [0.15, 0.2) is 8.32 Å². The van der Waals surface area contributed by atoms with Gasteiger partial charge in [0.05, 0.1) is 31.5 Å². The van der Waals surface area contributed by atoms with Crippen molar-refractivity contribution in [3.8, 4) is 0 Å². The first-order valence-electron chi connectivity index (χ1n) is 19.2. The lowest BCUT2D eigenvalue weighted by atomic mass is 9.99. The molecule has 0 aliphatic rings. The standard InChI is InChI=1S/C41H69N3O3Si/c1-8-9-10-11-12-13-14-15-16-17-18-25-30-40(45-31-37-26-21-19-22-27-37)41(46-32-38-28-23-20-24-29-38)39(43-44-42)33-47-48(34(2)3,35(4)5)36(6)7/h19-24,26-29,34-36,39-41H,8-18,25,30-33H2,1-7H3/t39-,40+,41-/m0/s1. The molecule has 0 aliphatic heterocycles. The smallest absolute Gasteiger partial charge is 0.200 e. The molecule has 0 saturated heterocycles. The van der Waals surface area contributed by atoms with E-state index in [4.69, 9.17) is 13.9 Å². The van der Waals surface area contributed by atoms with E-state index in [2.05, 4.69) is 82.8 Å². The van der Waals surface area contributed by atoms with Gasteiger partial charge in [-0.1, -0.05) is 191 Å². The molecule has 3 atom stereocenters. The topological polar surface area (TPSA) is 76.5 Å². The first kappa shape index (κ1) is 42.0. The minimum atomic E-state index is -2.20. The Morgan fingerprint density at radius 1 is 0.625 bits per heavy atom. The molecule has 0 aliphatic carbocycles. The first-order valence-corrected chi connectivity index (χ1v) is 21.4. The molecule has 2 aromatic rings. The zero-order chi connectivity index (χ0) is 35.0. The Hall–Kier alpha value is -2.15. The fourth-order valence-electron chi connectivity index (χ4n) is 7.53. The molecule has 0 bridgehead atoms. The molecule has 2 rings (SSSR count). The van der Waals surface area contributed by atoms with Crippen LogP contribution in [0.4, 0.5) is 0 Å². The zero-order valence-electron chi connectivity index (χ0n) is 31.6. The predicted octanol–water partition coefficient (Wildman–Crippen LogP) is 13.1. The quantitative estimate of drug-likeness (QED) is 0.0295. The van der Waals surface area contributed by atoms with E-state index in [9.17, 15) is 5.53 Å². The highest BCUT2D eigenvalue weighted by Gasteiger charge is 2.46. The second kappa shape index (κ2) is 24.9. The van der Waals surface area contributed by atoms with Gasteiger partial charge in [0, 0.05) is 11.5 Å². The maximum atomic E-state index is 9.82. The fraction of sp³-hybridized carbons (Fsp3) is 0.707. The zero-order valence-corrected chi connectivity index (χ0v) is 32.6. The molecule has 7 heteroatoms. The van der Waals surface area contributed by atoms with Crippen molar-refractivity contribution in [2.45, 2.75) is 180 Å². The summed E-state index contributed by atoms with van der Waals surface area (Å²) in [4.78, 5) is 3.34. The molecule has 0 saturated carbocycles. The van der Waals surface area contributed by atoms with Crippen LogP contribution in [0.2, 0.25) is 16.6 Å². The summed E-state index contributed by atoms with van der Waals surface area (Å²) in [5.41, 5.74) is 13.3. The molecule has 0 unspecified atom stereocenters. The van der Waals surface area contributed by atoms with Crippen molar-refractivity contribution >= 4 is 8.32 Å². The molecule has 0 amide bonds. The third-order valence-electron chi connectivity index (χ3n) is 10.1. The third kappa shape index (κ3) is 15.2. The molecular formula is C41H69N3O3Si. The molecule has 6 nitrogen and oxygen atoms in total. The second-order valence-corrected chi connectivity index (χ2v) is 20.1. The van der Waals surface area contributed by atoms with Gasteiger partial charge in [-0.25, -0.2) is 0 Å². The molecule has 48 heavy (non-hydrogen) atoms. The molecular weight excluding hydrogens is 611 g/mol. The molecule has 0 radical (unpaired) electrons. The largest absolute Gasteiger partial charge is 0.416 e. The summed E-state index contributed by atoms with van der Waals surface area (Å²) in [6, 6.07) is 20.1. The number of azide groups is 1. The average molecular weight is 680 g/mol. The number of hydrogen-bond acceptors (Lipinski definition) is 4. The third-order valence-corrected chi connectivity index (χ3v) is 16.2. The second-order valence-electron chi connectivity index (χ2n) is 14.7. The number of hydrogen-bond donors (Lipinski definition) is 0. The van der Waals surface area contributed by atoms with E-state index in [1.165, 1.54) is 70.6 Å². The van der Waals surface area contributed by atoms with Crippen molar-refractivity contribution in [3.05, 3.63) is 82.2 Å². The summed E-state index contributed by atoms with van der Waals surface area (Å²) >= 11 is 0. The van der Waals surface area contributed by atoms with Crippen LogP contribution in [-0.4, -0.2) is 33.2 Å². The van der Waals surface area contributed by atoms with E-state index in [-0.39, 0.29) is 6.10 Å². The highest BCUT2D eigenvalue weighted by Crippen LogP contribution is 2.42. The van der Waals surface area contributed by atoms with Crippen molar-refractivity contribution in [1.29, 1.82) is 0 Å². The number of nitrogens with zero attached hydrogens (tertiary/aromatic N) is 3. The van der Waals surface area contributed by atoms with Crippen LogP contribution in [0, 0.1) is 0 Å². The molecule has 2 aromatic carbocycles. The normalized spacial score (nSPS) is 14.0. The van der Waals surface area contributed by atoms with Crippen LogP contribution < -0.4 is 0 Å².